The predicted octanol–water partition coefficient (Wildman–Crippen LogP) is 0.105. The first-order chi connectivity index (χ1) is 6.85. The molecule has 0 aromatic rings. The molecule has 0 atom stereocenters. The van der Waals surface area contributed by atoms with E-state index in [4.69, 9.17) is 0 Å². The van der Waals surface area contributed by atoms with Crippen molar-refractivity contribution in [3.63, 3.8) is 0 Å². The number of likely N-dealkylation sites (N-methyl/N-ethyl adjacent to an activating group) is 1. The number of hydrogen-bond donors (Lipinski definition) is 1. The Balaban J connectivity index is 2.52. The molecular weight excluding hydrogens is 212 g/mol. The second kappa shape index (κ2) is 4.80. The van der Waals surface area contributed by atoms with Crippen molar-refractivity contribution in [3.05, 3.63) is 0 Å². The first kappa shape index (κ1) is 12.9. The Morgan fingerprint density at radius 1 is 1.27 bits per heavy atom. The van der Waals surface area contributed by atoms with Crippen LogP contribution in [0.4, 0.5) is 0 Å². The van der Waals surface area contributed by atoms with E-state index < -0.39 is 9.84 Å². The molecule has 0 bridgehead atoms. The van der Waals surface area contributed by atoms with Gasteiger partial charge in [0.2, 0.25) is 0 Å². The van der Waals surface area contributed by atoms with Gasteiger partial charge in [-0.1, -0.05) is 0 Å². The van der Waals surface area contributed by atoms with Crippen LogP contribution in [-0.2, 0) is 9.84 Å². The van der Waals surface area contributed by atoms with Gasteiger partial charge in [-0.3, -0.25) is 0 Å². The van der Waals surface area contributed by atoms with E-state index in [2.05, 4.69) is 24.1 Å². The van der Waals surface area contributed by atoms with Gasteiger partial charge in [-0.05, 0) is 33.9 Å². The summed E-state index contributed by atoms with van der Waals surface area (Å²) in [6.07, 6.45) is 0.766. The SMILES string of the molecule is CNC(C)(C)CN1CCCS(=O)(=O)CC1. The van der Waals surface area contributed by atoms with Crippen molar-refractivity contribution in [2.45, 2.75) is 25.8 Å². The van der Waals surface area contributed by atoms with E-state index in [9.17, 15) is 8.42 Å². The molecule has 1 rings (SSSR count). The predicted molar refractivity (Wildman–Crippen MR) is 62.8 cm³/mol. The van der Waals surface area contributed by atoms with Gasteiger partial charge in [-0.15, -0.1) is 0 Å². The van der Waals surface area contributed by atoms with Crippen LogP contribution in [0.3, 0.4) is 0 Å². The van der Waals surface area contributed by atoms with Crippen LogP contribution < -0.4 is 5.32 Å². The largest absolute Gasteiger partial charge is 0.314 e. The number of nitrogens with zero attached hydrogens (tertiary/aromatic N) is 1. The van der Waals surface area contributed by atoms with Gasteiger partial charge in [0.1, 0.15) is 0 Å². The summed E-state index contributed by atoms with van der Waals surface area (Å²) >= 11 is 0. The lowest BCUT2D eigenvalue weighted by Gasteiger charge is -2.31. The van der Waals surface area contributed by atoms with Crippen molar-refractivity contribution in [2.75, 3.05) is 38.2 Å². The summed E-state index contributed by atoms with van der Waals surface area (Å²) in [5.74, 6) is 0.663. The quantitative estimate of drug-likeness (QED) is 0.753. The zero-order chi connectivity index (χ0) is 11.5. The Hall–Kier alpha value is -0.130. The topological polar surface area (TPSA) is 49.4 Å². The molecule has 0 saturated carbocycles. The van der Waals surface area contributed by atoms with E-state index in [1.165, 1.54) is 0 Å². The maximum atomic E-state index is 11.4. The summed E-state index contributed by atoms with van der Waals surface area (Å²) in [5.41, 5.74) is 0.0497. The van der Waals surface area contributed by atoms with E-state index in [-0.39, 0.29) is 5.54 Å². The molecule has 4 nitrogen and oxygen atoms in total. The molecule has 1 aliphatic heterocycles. The van der Waals surface area contributed by atoms with Gasteiger partial charge < -0.3 is 10.2 Å². The van der Waals surface area contributed by atoms with Gasteiger partial charge >= 0.3 is 0 Å². The highest BCUT2D eigenvalue weighted by Crippen LogP contribution is 2.09. The van der Waals surface area contributed by atoms with E-state index in [1.54, 1.807) is 0 Å². The smallest absolute Gasteiger partial charge is 0.151 e. The minimum Gasteiger partial charge on any atom is -0.314 e. The normalized spacial score (nSPS) is 23.7. The molecule has 0 amide bonds. The fourth-order valence-electron chi connectivity index (χ4n) is 1.79. The lowest BCUT2D eigenvalue weighted by molar-refractivity contribution is 0.220. The molecule has 1 saturated heterocycles. The lowest BCUT2D eigenvalue weighted by Crippen LogP contribution is -2.48. The zero-order valence-electron chi connectivity index (χ0n) is 9.91. The molecule has 1 aliphatic rings. The summed E-state index contributed by atoms with van der Waals surface area (Å²) in [7, 11) is -0.837. The van der Waals surface area contributed by atoms with E-state index in [1.807, 2.05) is 7.05 Å². The molecule has 0 aliphatic carbocycles. The van der Waals surface area contributed by atoms with Crippen molar-refractivity contribution < 1.29 is 8.42 Å². The molecule has 90 valence electrons. The minimum atomic E-state index is -2.78. The highest BCUT2D eigenvalue weighted by molar-refractivity contribution is 7.91. The number of sulfone groups is 1. The third-order valence-corrected chi connectivity index (χ3v) is 4.66. The molecular formula is C10H22N2O2S. The summed E-state index contributed by atoms with van der Waals surface area (Å²) in [5, 5.41) is 3.24. The molecule has 1 fully saturated rings. The van der Waals surface area contributed by atoms with Crippen molar-refractivity contribution in [1.82, 2.24) is 10.2 Å². The van der Waals surface area contributed by atoms with Gasteiger partial charge in [-0.2, -0.15) is 0 Å². The summed E-state index contributed by atoms with van der Waals surface area (Å²) in [4.78, 5) is 2.24. The molecule has 5 heteroatoms. The average Bonchev–Trinajstić information content (AvgIpc) is 2.28. The second-order valence-corrected chi connectivity index (χ2v) is 7.22. The lowest BCUT2D eigenvalue weighted by atomic mass is 10.1. The Kier molecular flexibility index (Phi) is 4.14. The van der Waals surface area contributed by atoms with Crippen LogP contribution in [0.2, 0.25) is 0 Å². The molecule has 0 spiro atoms. The summed E-state index contributed by atoms with van der Waals surface area (Å²) < 4.78 is 22.8. The van der Waals surface area contributed by atoms with Gasteiger partial charge in [0.15, 0.2) is 9.84 Å². The Morgan fingerprint density at radius 2 is 1.93 bits per heavy atom. The number of nitrogens with one attached hydrogen (secondary N) is 1. The maximum absolute atomic E-state index is 11.4. The van der Waals surface area contributed by atoms with Gasteiger partial charge in [0.05, 0.1) is 11.5 Å². The van der Waals surface area contributed by atoms with Crippen LogP contribution in [0.15, 0.2) is 0 Å². The monoisotopic (exact) mass is 234 g/mol. The van der Waals surface area contributed by atoms with Crippen molar-refractivity contribution in [2.24, 2.45) is 0 Å². The van der Waals surface area contributed by atoms with Crippen molar-refractivity contribution in [3.8, 4) is 0 Å². The van der Waals surface area contributed by atoms with Crippen LogP contribution in [-0.4, -0.2) is 57.0 Å². The van der Waals surface area contributed by atoms with Crippen LogP contribution in [0.1, 0.15) is 20.3 Å². The van der Waals surface area contributed by atoms with E-state index >= 15 is 0 Å². The highest BCUT2D eigenvalue weighted by Gasteiger charge is 2.23. The molecule has 1 heterocycles. The second-order valence-electron chi connectivity index (χ2n) is 4.92. The molecule has 1 N–H and O–H groups in total. The summed E-state index contributed by atoms with van der Waals surface area (Å²) in [6.45, 7) is 6.73. The standard InChI is InChI=1S/C10H22N2O2S/c1-10(2,11-3)9-12-5-4-7-15(13,14)8-6-12/h11H,4-9H2,1-3H3. The Bertz CT molecular complexity index is 299. The zero-order valence-corrected chi connectivity index (χ0v) is 10.7. The number of rotatable bonds is 3. The molecule has 0 aromatic carbocycles. The molecule has 15 heavy (non-hydrogen) atoms. The van der Waals surface area contributed by atoms with E-state index in [0.717, 1.165) is 19.5 Å². The fourth-order valence-corrected chi connectivity index (χ4v) is 3.10. The van der Waals surface area contributed by atoms with Gasteiger partial charge in [-0.25, -0.2) is 8.42 Å². The molecule has 0 aromatic heterocycles. The number of hydrogen-bond acceptors (Lipinski definition) is 4. The summed E-state index contributed by atoms with van der Waals surface area (Å²) in [6, 6.07) is 0. The van der Waals surface area contributed by atoms with Crippen LogP contribution in [0.5, 0.6) is 0 Å². The average molecular weight is 234 g/mol. The van der Waals surface area contributed by atoms with Crippen LogP contribution >= 0.6 is 0 Å². The Morgan fingerprint density at radius 3 is 2.53 bits per heavy atom. The van der Waals surface area contributed by atoms with Crippen LogP contribution in [0.25, 0.3) is 0 Å². The highest BCUT2D eigenvalue weighted by atomic mass is 32.2. The third-order valence-electron chi connectivity index (χ3n) is 2.94. The van der Waals surface area contributed by atoms with Crippen molar-refractivity contribution >= 4 is 9.84 Å². The van der Waals surface area contributed by atoms with Crippen LogP contribution in [0, 0.1) is 0 Å². The molecule has 0 radical (unpaired) electrons. The first-order valence-electron chi connectivity index (χ1n) is 5.46. The molecule has 0 unspecified atom stereocenters. The van der Waals surface area contributed by atoms with Crippen molar-refractivity contribution in [1.29, 1.82) is 0 Å². The minimum absolute atomic E-state index is 0.0497. The Labute approximate surface area is 93.0 Å². The van der Waals surface area contributed by atoms with E-state index in [0.29, 0.717) is 18.1 Å². The fraction of sp³-hybridized carbons (Fsp3) is 1.00. The first-order valence-corrected chi connectivity index (χ1v) is 7.28. The third kappa shape index (κ3) is 4.49. The van der Waals surface area contributed by atoms with Gasteiger partial charge in [0, 0.05) is 18.6 Å². The maximum Gasteiger partial charge on any atom is 0.151 e. The van der Waals surface area contributed by atoms with Gasteiger partial charge in [0.25, 0.3) is 0 Å².